The van der Waals surface area contributed by atoms with Crippen molar-refractivity contribution < 1.29 is 18.7 Å². The molecule has 3 amide bonds. The highest BCUT2D eigenvalue weighted by atomic mass is 16.5. The average molecular weight is 342 g/mol. The number of carbonyl (C=O) groups excluding carboxylic acids is 2. The van der Waals surface area contributed by atoms with Crippen LogP contribution in [0.5, 0.6) is 5.75 Å². The van der Waals surface area contributed by atoms with Crippen LogP contribution in [0.15, 0.2) is 41.0 Å². The summed E-state index contributed by atoms with van der Waals surface area (Å²) in [6.07, 6.45) is 1.37. The fourth-order valence-electron chi connectivity index (χ4n) is 1.99. The highest BCUT2D eigenvalue weighted by molar-refractivity contribution is 5.94. The van der Waals surface area contributed by atoms with Gasteiger partial charge in [0.1, 0.15) is 12.4 Å². The zero-order chi connectivity index (χ0) is 18.2. The number of nitrogens with one attached hydrogen (secondary N) is 2. The summed E-state index contributed by atoms with van der Waals surface area (Å²) < 4.78 is 10.8. The topological polar surface area (TPSA) is 108 Å². The fourth-order valence-corrected chi connectivity index (χ4v) is 1.99. The molecule has 2 rings (SSSR count). The molecule has 0 fully saturated rings. The Labute approximate surface area is 144 Å². The number of benzene rings is 1. The van der Waals surface area contributed by atoms with Crippen LogP contribution in [-0.4, -0.2) is 30.5 Å². The van der Waals surface area contributed by atoms with E-state index in [0.29, 0.717) is 23.4 Å². The number of nitrogens with zero attached hydrogens (tertiary/aromatic N) is 2. The standard InChI is InChI=1S/C17H18N4O4/c1-3-19-17(23)21(2)20-16(22)15-13(7-8-24-15)11-25-14-6-4-5-12(9-14)10-18/h4-9H,3,11H2,1-2H3,(H,19,23)(H,20,22). The van der Waals surface area contributed by atoms with Crippen molar-refractivity contribution in [3.63, 3.8) is 0 Å². The van der Waals surface area contributed by atoms with Crippen LogP contribution in [0.25, 0.3) is 0 Å². The van der Waals surface area contributed by atoms with Gasteiger partial charge >= 0.3 is 11.9 Å². The number of furan rings is 1. The van der Waals surface area contributed by atoms with Crippen LogP contribution in [0.1, 0.15) is 28.6 Å². The number of hydrogen-bond donors (Lipinski definition) is 2. The largest absolute Gasteiger partial charge is 0.489 e. The number of urea groups is 1. The van der Waals surface area contributed by atoms with Gasteiger partial charge in [-0.05, 0) is 31.2 Å². The Morgan fingerprint density at radius 2 is 2.16 bits per heavy atom. The van der Waals surface area contributed by atoms with Crippen LogP contribution in [0, 0.1) is 11.3 Å². The second kappa shape index (κ2) is 8.40. The number of ether oxygens (including phenoxy) is 1. The molecule has 8 nitrogen and oxygen atoms in total. The summed E-state index contributed by atoms with van der Waals surface area (Å²) in [6, 6.07) is 9.88. The van der Waals surface area contributed by atoms with Crippen LogP contribution in [0.4, 0.5) is 4.79 Å². The molecule has 0 aliphatic rings. The molecule has 1 aromatic carbocycles. The normalized spacial score (nSPS) is 9.80. The quantitative estimate of drug-likeness (QED) is 0.809. The Morgan fingerprint density at radius 3 is 2.88 bits per heavy atom. The monoisotopic (exact) mass is 342 g/mol. The molecule has 0 spiro atoms. The molecule has 1 heterocycles. The molecule has 0 atom stereocenters. The van der Waals surface area contributed by atoms with E-state index in [-0.39, 0.29) is 12.4 Å². The van der Waals surface area contributed by atoms with Gasteiger partial charge in [-0.1, -0.05) is 6.07 Å². The number of amides is 3. The predicted molar refractivity (Wildman–Crippen MR) is 88.5 cm³/mol. The van der Waals surface area contributed by atoms with Crippen molar-refractivity contribution in [3.8, 4) is 11.8 Å². The highest BCUT2D eigenvalue weighted by Gasteiger charge is 2.19. The molecule has 0 unspecified atom stereocenters. The maximum Gasteiger partial charge on any atom is 0.335 e. The molecule has 8 heteroatoms. The third-order valence-corrected chi connectivity index (χ3v) is 3.21. The maximum atomic E-state index is 12.2. The van der Waals surface area contributed by atoms with Crippen molar-refractivity contribution in [1.82, 2.24) is 15.8 Å². The van der Waals surface area contributed by atoms with Gasteiger partial charge in [-0.25, -0.2) is 9.80 Å². The maximum absolute atomic E-state index is 12.2. The molecule has 0 saturated carbocycles. The molecule has 130 valence electrons. The molecule has 0 saturated heterocycles. The Bertz CT molecular complexity index is 794. The van der Waals surface area contributed by atoms with Gasteiger partial charge in [-0.2, -0.15) is 5.26 Å². The van der Waals surface area contributed by atoms with Gasteiger partial charge in [-0.15, -0.1) is 0 Å². The zero-order valence-electron chi connectivity index (χ0n) is 13.9. The molecule has 2 aromatic rings. The molecule has 25 heavy (non-hydrogen) atoms. The number of hydrazine groups is 1. The molecule has 0 bridgehead atoms. The fraction of sp³-hybridized carbons (Fsp3) is 0.235. The van der Waals surface area contributed by atoms with Gasteiger partial charge in [-0.3, -0.25) is 10.2 Å². The lowest BCUT2D eigenvalue weighted by atomic mass is 10.2. The van der Waals surface area contributed by atoms with Gasteiger partial charge in [0.15, 0.2) is 5.76 Å². The number of nitriles is 1. The first kappa shape index (κ1) is 17.9. The van der Waals surface area contributed by atoms with Gasteiger partial charge in [0.2, 0.25) is 0 Å². The second-order valence-electron chi connectivity index (χ2n) is 5.04. The molecule has 1 aromatic heterocycles. The minimum absolute atomic E-state index is 0.0487. The summed E-state index contributed by atoms with van der Waals surface area (Å²) in [4.78, 5) is 23.9. The predicted octanol–water partition coefficient (Wildman–Crippen LogP) is 2.04. The SMILES string of the molecule is CCNC(=O)N(C)NC(=O)c1occc1COc1cccc(C#N)c1. The smallest absolute Gasteiger partial charge is 0.335 e. The van der Waals surface area contributed by atoms with E-state index in [1.54, 1.807) is 37.3 Å². The lowest BCUT2D eigenvalue weighted by Gasteiger charge is -2.17. The van der Waals surface area contributed by atoms with E-state index in [1.165, 1.54) is 13.3 Å². The van der Waals surface area contributed by atoms with Crippen LogP contribution >= 0.6 is 0 Å². The minimum Gasteiger partial charge on any atom is -0.489 e. The van der Waals surface area contributed by atoms with E-state index in [1.807, 2.05) is 6.07 Å². The number of hydrogen-bond acceptors (Lipinski definition) is 5. The van der Waals surface area contributed by atoms with E-state index >= 15 is 0 Å². The Hall–Kier alpha value is -3.47. The molecule has 0 aliphatic heterocycles. The van der Waals surface area contributed by atoms with Crippen molar-refractivity contribution in [2.75, 3.05) is 13.6 Å². The van der Waals surface area contributed by atoms with Crippen molar-refractivity contribution >= 4 is 11.9 Å². The lowest BCUT2D eigenvalue weighted by molar-refractivity contribution is 0.0822. The van der Waals surface area contributed by atoms with Gasteiger partial charge < -0.3 is 14.5 Å². The average Bonchev–Trinajstić information content (AvgIpc) is 3.09. The Balaban J connectivity index is 2.00. The van der Waals surface area contributed by atoms with Crippen molar-refractivity contribution in [2.24, 2.45) is 0 Å². The van der Waals surface area contributed by atoms with E-state index in [9.17, 15) is 9.59 Å². The zero-order valence-corrected chi connectivity index (χ0v) is 13.9. The van der Waals surface area contributed by atoms with Gasteiger partial charge in [0, 0.05) is 19.2 Å². The van der Waals surface area contributed by atoms with Gasteiger partial charge in [0.25, 0.3) is 0 Å². The van der Waals surface area contributed by atoms with Crippen molar-refractivity contribution in [1.29, 1.82) is 5.26 Å². The molecule has 2 N–H and O–H groups in total. The van der Waals surface area contributed by atoms with Gasteiger partial charge in [0.05, 0.1) is 17.9 Å². The third-order valence-electron chi connectivity index (χ3n) is 3.21. The first-order valence-corrected chi connectivity index (χ1v) is 7.57. The lowest BCUT2D eigenvalue weighted by Crippen LogP contribution is -2.48. The third kappa shape index (κ3) is 4.75. The van der Waals surface area contributed by atoms with Crippen LogP contribution < -0.4 is 15.5 Å². The van der Waals surface area contributed by atoms with Crippen molar-refractivity contribution in [2.45, 2.75) is 13.5 Å². The summed E-state index contributed by atoms with van der Waals surface area (Å²) >= 11 is 0. The summed E-state index contributed by atoms with van der Waals surface area (Å²) in [6.45, 7) is 2.30. The Kier molecular flexibility index (Phi) is 6.01. The van der Waals surface area contributed by atoms with Crippen LogP contribution in [0.3, 0.4) is 0 Å². The number of carbonyl (C=O) groups is 2. The highest BCUT2D eigenvalue weighted by Crippen LogP contribution is 2.17. The summed E-state index contributed by atoms with van der Waals surface area (Å²) in [5, 5.41) is 12.5. The van der Waals surface area contributed by atoms with E-state index < -0.39 is 11.9 Å². The number of rotatable bonds is 5. The first-order chi connectivity index (χ1) is 12.0. The van der Waals surface area contributed by atoms with Crippen LogP contribution in [-0.2, 0) is 6.61 Å². The summed E-state index contributed by atoms with van der Waals surface area (Å²) in [7, 11) is 1.43. The molecular weight excluding hydrogens is 324 g/mol. The second-order valence-corrected chi connectivity index (χ2v) is 5.04. The molecular formula is C17H18N4O4. The van der Waals surface area contributed by atoms with E-state index in [0.717, 1.165) is 5.01 Å². The van der Waals surface area contributed by atoms with Crippen LogP contribution in [0.2, 0.25) is 0 Å². The minimum atomic E-state index is -0.567. The molecule has 0 radical (unpaired) electrons. The van der Waals surface area contributed by atoms with E-state index in [4.69, 9.17) is 14.4 Å². The van der Waals surface area contributed by atoms with Crippen molar-refractivity contribution in [3.05, 3.63) is 53.5 Å². The first-order valence-electron chi connectivity index (χ1n) is 7.57. The summed E-state index contributed by atoms with van der Waals surface area (Å²) in [5.41, 5.74) is 3.41. The van der Waals surface area contributed by atoms with E-state index in [2.05, 4.69) is 10.7 Å². The Morgan fingerprint density at radius 1 is 1.36 bits per heavy atom. The summed E-state index contributed by atoms with van der Waals surface area (Å²) in [5.74, 6) is -0.0123. The molecule has 0 aliphatic carbocycles.